The molecule has 1 aromatic heterocycles. The zero-order valence-electron chi connectivity index (χ0n) is 17.1. The van der Waals surface area contributed by atoms with Gasteiger partial charge in [-0.15, -0.1) is 0 Å². The topological polar surface area (TPSA) is 69.2 Å². The maximum Gasteiger partial charge on any atom is 0.323 e. The number of benzene rings is 3. The summed E-state index contributed by atoms with van der Waals surface area (Å²) in [6, 6.07) is 21.8. The summed E-state index contributed by atoms with van der Waals surface area (Å²) in [7, 11) is 0. The van der Waals surface area contributed by atoms with E-state index < -0.39 is 17.8 Å². The molecule has 0 N–H and O–H groups in total. The van der Waals surface area contributed by atoms with Crippen LogP contribution in [0.4, 0.5) is 0 Å². The van der Waals surface area contributed by atoms with Crippen molar-refractivity contribution in [1.29, 1.82) is 0 Å². The first-order valence-corrected chi connectivity index (χ1v) is 10.9. The molecule has 2 heterocycles. The number of halogens is 2. The van der Waals surface area contributed by atoms with Crippen LogP contribution < -0.4 is 4.74 Å². The second-order valence-corrected chi connectivity index (χ2v) is 8.50. The molecular formula is C26H16Cl2N2O3. The van der Waals surface area contributed by atoms with E-state index >= 15 is 0 Å². The minimum Gasteiger partial charge on any atom is -0.425 e. The molecule has 4 aromatic rings. The molecule has 0 saturated heterocycles. The van der Waals surface area contributed by atoms with Crippen molar-refractivity contribution in [2.24, 2.45) is 5.92 Å². The first kappa shape index (κ1) is 21.3. The van der Waals surface area contributed by atoms with Crippen molar-refractivity contribution in [3.8, 4) is 16.9 Å². The molecule has 0 bridgehead atoms. The minimum atomic E-state index is -1.12. The van der Waals surface area contributed by atoms with Gasteiger partial charge in [0.1, 0.15) is 17.5 Å². The van der Waals surface area contributed by atoms with E-state index in [0.717, 1.165) is 11.1 Å². The van der Waals surface area contributed by atoms with Crippen LogP contribution in [0.5, 0.6) is 5.75 Å². The van der Waals surface area contributed by atoms with Crippen LogP contribution in [0.15, 0.2) is 85.2 Å². The van der Waals surface area contributed by atoms with Crippen LogP contribution in [0.2, 0.25) is 10.0 Å². The number of nitrogens with zero attached hydrogens (tertiary/aromatic N) is 2. The van der Waals surface area contributed by atoms with Gasteiger partial charge in [-0.25, -0.2) is 9.97 Å². The Balaban J connectivity index is 1.58. The predicted octanol–water partition coefficient (Wildman–Crippen LogP) is 6.00. The standard InChI is InChI=1S/C26H16Cl2N2O3/c27-18-11-9-16(10-12-18)15-5-7-17(8-6-15)22(25-29-13-19(28)14-30-25)23-24(31)20-3-1-2-4-21(20)33-26(23)32/h1-14,22-23H. The summed E-state index contributed by atoms with van der Waals surface area (Å²) in [5.74, 6) is -2.25. The highest BCUT2D eigenvalue weighted by Crippen LogP contribution is 2.39. The normalized spacial score (nSPS) is 16.1. The molecule has 0 radical (unpaired) electrons. The van der Waals surface area contributed by atoms with Gasteiger partial charge in [0.05, 0.1) is 16.5 Å². The van der Waals surface area contributed by atoms with Gasteiger partial charge in [-0.05, 0) is 41.0 Å². The number of carbonyl (C=O) groups excluding carboxylic acids is 2. The Kier molecular flexibility index (Phi) is 5.67. The van der Waals surface area contributed by atoms with Crippen LogP contribution in [-0.2, 0) is 4.79 Å². The summed E-state index contributed by atoms with van der Waals surface area (Å²) in [6.07, 6.45) is 2.90. The van der Waals surface area contributed by atoms with Crippen LogP contribution >= 0.6 is 23.2 Å². The summed E-state index contributed by atoms with van der Waals surface area (Å²) in [5, 5.41) is 1.02. The van der Waals surface area contributed by atoms with Crippen molar-refractivity contribution in [1.82, 2.24) is 9.97 Å². The van der Waals surface area contributed by atoms with Gasteiger partial charge in [-0.1, -0.05) is 71.7 Å². The summed E-state index contributed by atoms with van der Waals surface area (Å²) in [5.41, 5.74) is 3.03. The van der Waals surface area contributed by atoms with Gasteiger partial charge in [-0.3, -0.25) is 9.59 Å². The fourth-order valence-corrected chi connectivity index (χ4v) is 4.22. The molecule has 162 valence electrons. The van der Waals surface area contributed by atoms with E-state index in [0.29, 0.717) is 27.0 Å². The number of hydrogen-bond donors (Lipinski definition) is 0. The summed E-state index contributed by atoms with van der Waals surface area (Å²) in [6.45, 7) is 0. The Morgan fingerprint density at radius 1 is 0.758 bits per heavy atom. The molecule has 5 nitrogen and oxygen atoms in total. The lowest BCUT2D eigenvalue weighted by atomic mass is 9.79. The second kappa shape index (κ2) is 8.77. The first-order chi connectivity index (χ1) is 16.0. The highest BCUT2D eigenvalue weighted by molar-refractivity contribution is 6.30. The van der Waals surface area contributed by atoms with Crippen molar-refractivity contribution in [3.05, 3.63) is 112 Å². The molecule has 1 aliphatic heterocycles. The van der Waals surface area contributed by atoms with Crippen molar-refractivity contribution >= 4 is 35.0 Å². The number of hydrogen-bond acceptors (Lipinski definition) is 5. The number of aromatic nitrogens is 2. The summed E-state index contributed by atoms with van der Waals surface area (Å²) < 4.78 is 5.51. The quantitative estimate of drug-likeness (QED) is 0.206. The van der Waals surface area contributed by atoms with Crippen molar-refractivity contribution in [2.75, 3.05) is 0 Å². The molecule has 2 atom stereocenters. The van der Waals surface area contributed by atoms with Crippen LogP contribution in [-0.4, -0.2) is 21.7 Å². The van der Waals surface area contributed by atoms with Crippen LogP contribution in [0.3, 0.4) is 0 Å². The second-order valence-electron chi connectivity index (χ2n) is 7.63. The predicted molar refractivity (Wildman–Crippen MR) is 126 cm³/mol. The molecule has 0 spiro atoms. The number of ether oxygens (including phenoxy) is 1. The number of carbonyl (C=O) groups is 2. The van der Waals surface area contributed by atoms with Crippen molar-refractivity contribution < 1.29 is 14.3 Å². The average molecular weight is 475 g/mol. The van der Waals surface area contributed by atoms with E-state index in [1.807, 2.05) is 48.5 Å². The minimum absolute atomic E-state index is 0.262. The third kappa shape index (κ3) is 4.13. The lowest BCUT2D eigenvalue weighted by Crippen LogP contribution is -2.38. The SMILES string of the molecule is O=C1Oc2ccccc2C(=O)C1C(c1ccc(-c2ccc(Cl)cc2)cc1)c1ncc(Cl)cn1. The Bertz CT molecular complexity index is 1340. The Labute approximate surface area is 200 Å². The molecule has 0 fully saturated rings. The fraction of sp³-hybridized carbons (Fsp3) is 0.0769. The van der Waals surface area contributed by atoms with Crippen molar-refractivity contribution in [2.45, 2.75) is 5.92 Å². The van der Waals surface area contributed by atoms with E-state index in [4.69, 9.17) is 27.9 Å². The summed E-state index contributed by atoms with van der Waals surface area (Å²) in [4.78, 5) is 35.1. The lowest BCUT2D eigenvalue weighted by molar-refractivity contribution is -0.138. The summed E-state index contributed by atoms with van der Waals surface area (Å²) >= 11 is 12.0. The number of esters is 1. The third-order valence-electron chi connectivity index (χ3n) is 5.60. The number of Topliss-reactive ketones (excluding diaryl/α,β-unsaturated/α-hetero) is 1. The maximum atomic E-state index is 13.4. The molecule has 0 amide bonds. The van der Waals surface area contributed by atoms with E-state index in [9.17, 15) is 9.59 Å². The fourth-order valence-electron chi connectivity index (χ4n) is 3.99. The molecule has 7 heteroatoms. The van der Waals surface area contributed by atoms with Gasteiger partial charge in [-0.2, -0.15) is 0 Å². The van der Waals surface area contributed by atoms with Gasteiger partial charge in [0.15, 0.2) is 5.78 Å². The maximum absolute atomic E-state index is 13.4. The smallest absolute Gasteiger partial charge is 0.323 e. The molecule has 3 aromatic carbocycles. The van der Waals surface area contributed by atoms with Gasteiger partial charge in [0.25, 0.3) is 0 Å². The molecule has 33 heavy (non-hydrogen) atoms. The Morgan fingerprint density at radius 2 is 1.36 bits per heavy atom. The van der Waals surface area contributed by atoms with E-state index in [1.165, 1.54) is 12.4 Å². The zero-order chi connectivity index (χ0) is 22.9. The van der Waals surface area contributed by atoms with E-state index in [1.54, 1.807) is 24.3 Å². The highest BCUT2D eigenvalue weighted by atomic mass is 35.5. The Hall–Kier alpha value is -3.54. The van der Waals surface area contributed by atoms with Gasteiger partial charge in [0, 0.05) is 17.4 Å². The molecule has 2 unspecified atom stereocenters. The zero-order valence-corrected chi connectivity index (χ0v) is 18.6. The van der Waals surface area contributed by atoms with E-state index in [2.05, 4.69) is 9.97 Å². The first-order valence-electron chi connectivity index (χ1n) is 10.2. The monoisotopic (exact) mass is 474 g/mol. The van der Waals surface area contributed by atoms with Gasteiger partial charge in [0.2, 0.25) is 0 Å². The number of ketones is 1. The average Bonchev–Trinajstić information content (AvgIpc) is 2.83. The van der Waals surface area contributed by atoms with Crippen LogP contribution in [0.25, 0.3) is 11.1 Å². The van der Waals surface area contributed by atoms with Crippen molar-refractivity contribution in [3.63, 3.8) is 0 Å². The number of para-hydroxylation sites is 1. The largest absolute Gasteiger partial charge is 0.425 e. The Morgan fingerprint density at radius 3 is 2.03 bits per heavy atom. The lowest BCUT2D eigenvalue weighted by Gasteiger charge is -2.28. The van der Waals surface area contributed by atoms with Gasteiger partial charge >= 0.3 is 5.97 Å². The van der Waals surface area contributed by atoms with Crippen LogP contribution in [0.1, 0.15) is 27.7 Å². The molecule has 1 aliphatic rings. The third-order valence-corrected chi connectivity index (χ3v) is 6.05. The molecule has 0 saturated carbocycles. The molecule has 5 rings (SSSR count). The number of rotatable bonds is 4. The van der Waals surface area contributed by atoms with Crippen LogP contribution in [0, 0.1) is 5.92 Å². The highest BCUT2D eigenvalue weighted by Gasteiger charge is 2.44. The van der Waals surface area contributed by atoms with E-state index in [-0.39, 0.29) is 11.5 Å². The molecule has 0 aliphatic carbocycles. The molecular weight excluding hydrogens is 459 g/mol. The van der Waals surface area contributed by atoms with Gasteiger partial charge < -0.3 is 4.74 Å². The number of fused-ring (bicyclic) bond motifs is 1.